The van der Waals surface area contributed by atoms with Gasteiger partial charge in [-0.15, -0.1) is 0 Å². The zero-order valence-corrected chi connectivity index (χ0v) is 48.7. The number of carbonyl (C=O) groups excluding carboxylic acids is 3. The van der Waals surface area contributed by atoms with Crippen LogP contribution >= 0.6 is 0 Å². The summed E-state index contributed by atoms with van der Waals surface area (Å²) in [6.45, 7) is 5.80. The van der Waals surface area contributed by atoms with Gasteiger partial charge in [-0.1, -0.05) is 216 Å². The maximum atomic E-state index is 13.2. The average molecular weight is 1080 g/mol. The molecule has 1 aliphatic rings. The van der Waals surface area contributed by atoms with E-state index in [1.54, 1.807) is 0 Å². The number of esters is 3. The van der Waals surface area contributed by atoms with Gasteiger partial charge < -0.3 is 39.0 Å². The largest absolute Gasteiger partial charge is 0.479 e. The van der Waals surface area contributed by atoms with Crippen LogP contribution in [0.4, 0.5) is 0 Å². The lowest BCUT2D eigenvalue weighted by Crippen LogP contribution is -2.61. The van der Waals surface area contributed by atoms with Crippen molar-refractivity contribution in [2.75, 3.05) is 13.2 Å². The van der Waals surface area contributed by atoms with Crippen molar-refractivity contribution in [3.8, 4) is 0 Å². The number of aliphatic carboxylic acids is 1. The van der Waals surface area contributed by atoms with Crippen LogP contribution in [-0.2, 0) is 42.9 Å². The monoisotopic (exact) mass is 1080 g/mol. The standard InChI is InChI=1S/C65H110O12/c1-4-7-10-13-16-19-22-25-27-28-29-30-32-34-36-39-42-45-48-51-57(66)73-54-56(75-58(67)52-49-46-43-40-38-35-31-26-23-20-17-14-11-8-5-2)55-74-65-63(61(70)60(69)62(77-65)64(71)72)76-59(68)53-50-47-44-41-37-33-24-21-18-15-12-9-6-3/h8,11-12,15,17,20-21,24-27,31,56,60-63,65,69-70H,4-7,9-10,13-14,16,18-19,22-23,28-30,32-55H2,1-3H3,(H,71,72)/b11-8-,15-12-,20-17-,24-21-,27-25-,31-26-. The van der Waals surface area contributed by atoms with Crippen molar-refractivity contribution in [3.63, 3.8) is 0 Å². The van der Waals surface area contributed by atoms with Crippen LogP contribution in [-0.4, -0.2) is 89.2 Å². The van der Waals surface area contributed by atoms with E-state index in [4.69, 9.17) is 23.7 Å². The second-order valence-electron chi connectivity index (χ2n) is 20.9. The van der Waals surface area contributed by atoms with Crippen molar-refractivity contribution in [2.45, 2.75) is 302 Å². The number of aliphatic hydroxyl groups excluding tert-OH is 2. The Morgan fingerprint density at radius 2 is 0.844 bits per heavy atom. The molecule has 0 radical (unpaired) electrons. The second kappa shape index (κ2) is 52.8. The van der Waals surface area contributed by atoms with Gasteiger partial charge in [0.1, 0.15) is 18.8 Å². The number of aliphatic hydroxyl groups is 2. The Morgan fingerprint density at radius 1 is 0.442 bits per heavy atom. The summed E-state index contributed by atoms with van der Waals surface area (Å²) in [5.41, 5.74) is 0. The highest BCUT2D eigenvalue weighted by molar-refractivity contribution is 5.74. The fraction of sp³-hybridized carbons (Fsp3) is 0.754. The van der Waals surface area contributed by atoms with E-state index in [0.29, 0.717) is 19.3 Å². The first-order valence-electron chi connectivity index (χ1n) is 30.9. The summed E-state index contributed by atoms with van der Waals surface area (Å²) in [7, 11) is 0. The summed E-state index contributed by atoms with van der Waals surface area (Å²) in [6.07, 6.45) is 54.4. The van der Waals surface area contributed by atoms with Gasteiger partial charge in [0, 0.05) is 19.3 Å². The number of carboxylic acid groups (broad SMARTS) is 1. The van der Waals surface area contributed by atoms with Crippen molar-refractivity contribution in [3.05, 3.63) is 72.9 Å². The Hall–Kier alpha value is -3.84. The Kier molecular flexibility index (Phi) is 48.8. The van der Waals surface area contributed by atoms with E-state index in [1.807, 2.05) is 0 Å². The summed E-state index contributed by atoms with van der Waals surface area (Å²) < 4.78 is 28.4. The second-order valence-corrected chi connectivity index (χ2v) is 20.9. The summed E-state index contributed by atoms with van der Waals surface area (Å²) in [5.74, 6) is -3.16. The van der Waals surface area contributed by atoms with E-state index < -0.39 is 67.3 Å². The molecule has 0 aromatic carbocycles. The Labute approximate surface area is 468 Å². The third kappa shape index (κ3) is 42.7. The Morgan fingerprint density at radius 3 is 1.31 bits per heavy atom. The number of hydrogen-bond donors (Lipinski definition) is 3. The van der Waals surface area contributed by atoms with E-state index >= 15 is 0 Å². The minimum absolute atomic E-state index is 0.0404. The Balaban J connectivity index is 2.68. The van der Waals surface area contributed by atoms with Gasteiger partial charge in [-0.05, 0) is 103 Å². The number of rotatable bonds is 52. The lowest BCUT2D eigenvalue weighted by atomic mass is 9.98. The van der Waals surface area contributed by atoms with Crippen molar-refractivity contribution < 1.29 is 58.2 Å². The molecule has 1 fully saturated rings. The maximum Gasteiger partial charge on any atom is 0.335 e. The van der Waals surface area contributed by atoms with Crippen LogP contribution in [0.25, 0.3) is 0 Å². The van der Waals surface area contributed by atoms with Gasteiger partial charge in [-0.3, -0.25) is 14.4 Å². The van der Waals surface area contributed by atoms with Crippen LogP contribution in [0.2, 0.25) is 0 Å². The molecule has 6 atom stereocenters. The van der Waals surface area contributed by atoms with Crippen LogP contribution in [0, 0.1) is 0 Å². The number of carboxylic acids is 1. The molecule has 0 aromatic heterocycles. The molecular formula is C65H110O12. The molecule has 1 aliphatic heterocycles. The van der Waals surface area contributed by atoms with Gasteiger partial charge in [0.05, 0.1) is 6.61 Å². The third-order valence-corrected chi connectivity index (χ3v) is 13.7. The number of ether oxygens (including phenoxy) is 5. The van der Waals surface area contributed by atoms with Crippen LogP contribution in [0.3, 0.4) is 0 Å². The molecule has 6 unspecified atom stereocenters. The predicted molar refractivity (Wildman–Crippen MR) is 312 cm³/mol. The van der Waals surface area contributed by atoms with Crippen LogP contribution in [0.1, 0.15) is 265 Å². The van der Waals surface area contributed by atoms with E-state index in [2.05, 4.69) is 93.7 Å². The fourth-order valence-corrected chi connectivity index (χ4v) is 9.00. The van der Waals surface area contributed by atoms with Gasteiger partial charge >= 0.3 is 23.9 Å². The molecule has 1 rings (SSSR count). The smallest absolute Gasteiger partial charge is 0.335 e. The van der Waals surface area contributed by atoms with E-state index in [-0.39, 0.29) is 25.9 Å². The first-order valence-corrected chi connectivity index (χ1v) is 30.9. The Bertz CT molecular complexity index is 1620. The highest BCUT2D eigenvalue weighted by Crippen LogP contribution is 2.26. The highest BCUT2D eigenvalue weighted by Gasteiger charge is 2.50. The van der Waals surface area contributed by atoms with Crippen molar-refractivity contribution in [1.29, 1.82) is 0 Å². The van der Waals surface area contributed by atoms with Gasteiger partial charge in [0.2, 0.25) is 0 Å². The van der Waals surface area contributed by atoms with Crippen LogP contribution in [0.15, 0.2) is 72.9 Å². The zero-order valence-electron chi connectivity index (χ0n) is 48.7. The fourth-order valence-electron chi connectivity index (χ4n) is 9.00. The minimum atomic E-state index is -1.91. The van der Waals surface area contributed by atoms with Gasteiger partial charge in [0.25, 0.3) is 0 Å². The average Bonchev–Trinajstić information content (AvgIpc) is 3.41. The summed E-state index contributed by atoms with van der Waals surface area (Å²) in [5, 5.41) is 31.5. The molecule has 12 heteroatoms. The molecule has 0 amide bonds. The summed E-state index contributed by atoms with van der Waals surface area (Å²) in [6, 6.07) is 0. The first-order chi connectivity index (χ1) is 37.6. The predicted octanol–water partition coefficient (Wildman–Crippen LogP) is 16.1. The number of hydrogen-bond acceptors (Lipinski definition) is 11. The summed E-state index contributed by atoms with van der Waals surface area (Å²) in [4.78, 5) is 51.2. The van der Waals surface area contributed by atoms with Crippen molar-refractivity contribution >= 4 is 23.9 Å². The third-order valence-electron chi connectivity index (χ3n) is 13.7. The maximum absolute atomic E-state index is 13.2. The molecule has 0 saturated carbocycles. The molecule has 0 bridgehead atoms. The number of unbranched alkanes of at least 4 members (excludes halogenated alkanes) is 26. The molecule has 0 aliphatic carbocycles. The molecule has 77 heavy (non-hydrogen) atoms. The SMILES string of the molecule is CC/C=C\C/C=C\C/C=C\CCCCCCCC(=O)OC(COC(=O)CCCCCCCCCCC/C=C\CCCCCCCC)COC1OC(C(=O)O)C(O)C(O)C1OC(=O)CCCCCCC/C=C\C/C=C\CCC. The van der Waals surface area contributed by atoms with Crippen LogP contribution in [0.5, 0.6) is 0 Å². The number of carbonyl (C=O) groups is 4. The minimum Gasteiger partial charge on any atom is -0.479 e. The molecule has 442 valence electrons. The van der Waals surface area contributed by atoms with Crippen molar-refractivity contribution in [1.82, 2.24) is 0 Å². The first kappa shape index (κ1) is 71.2. The van der Waals surface area contributed by atoms with E-state index in [0.717, 1.165) is 122 Å². The molecule has 1 heterocycles. The lowest BCUT2D eigenvalue weighted by molar-refractivity contribution is -0.301. The molecular weight excluding hydrogens is 973 g/mol. The quantitative estimate of drug-likeness (QED) is 0.0228. The van der Waals surface area contributed by atoms with Gasteiger partial charge in [-0.25, -0.2) is 4.79 Å². The van der Waals surface area contributed by atoms with Gasteiger partial charge in [-0.2, -0.15) is 0 Å². The molecule has 1 saturated heterocycles. The normalized spacial score (nSPS) is 18.5. The molecule has 0 spiro atoms. The van der Waals surface area contributed by atoms with Crippen LogP contribution < -0.4 is 0 Å². The van der Waals surface area contributed by atoms with Gasteiger partial charge in [0.15, 0.2) is 24.6 Å². The summed E-state index contributed by atoms with van der Waals surface area (Å²) >= 11 is 0. The van der Waals surface area contributed by atoms with Crippen molar-refractivity contribution in [2.24, 2.45) is 0 Å². The molecule has 3 N–H and O–H groups in total. The molecule has 0 aromatic rings. The number of allylic oxidation sites excluding steroid dienone is 12. The van der Waals surface area contributed by atoms with E-state index in [1.165, 1.54) is 83.5 Å². The zero-order chi connectivity index (χ0) is 56.1. The topological polar surface area (TPSA) is 175 Å². The lowest BCUT2D eigenvalue weighted by Gasteiger charge is -2.40. The highest BCUT2D eigenvalue weighted by atomic mass is 16.7. The van der Waals surface area contributed by atoms with E-state index in [9.17, 15) is 34.5 Å². The molecule has 12 nitrogen and oxygen atoms in total.